The minimum Gasteiger partial charge on any atom is -0.478 e. The molecule has 0 fully saturated rings. The quantitative estimate of drug-likeness (QED) is 0.785. The molecule has 0 aliphatic rings. The van der Waals surface area contributed by atoms with Crippen molar-refractivity contribution in [3.05, 3.63) is 35.5 Å². The summed E-state index contributed by atoms with van der Waals surface area (Å²) in [6, 6.07) is 4.90. The van der Waals surface area contributed by atoms with Crippen molar-refractivity contribution in [3.63, 3.8) is 0 Å². The largest absolute Gasteiger partial charge is 0.478 e. The van der Waals surface area contributed by atoms with Crippen molar-refractivity contribution in [3.8, 4) is 0 Å². The number of fused-ring (bicyclic) bond motifs is 1. The Morgan fingerprint density at radius 1 is 1.39 bits per heavy atom. The number of aliphatic hydroxyl groups excluding tert-OH is 1. The normalized spacial score (nSPS) is 10.7. The first-order valence-corrected chi connectivity index (χ1v) is 5.60. The summed E-state index contributed by atoms with van der Waals surface area (Å²) >= 11 is 0. The number of rotatable bonds is 5. The van der Waals surface area contributed by atoms with Crippen LogP contribution in [0.3, 0.4) is 0 Å². The highest BCUT2D eigenvalue weighted by Crippen LogP contribution is 2.24. The minimum absolute atomic E-state index is 0.0503. The molecule has 0 aliphatic heterocycles. The molecule has 2 rings (SSSR count). The number of carboxylic acids is 1. The molecule has 0 saturated heterocycles. The molecule has 0 bridgehead atoms. The Balaban J connectivity index is 2.66. The predicted molar refractivity (Wildman–Crippen MR) is 66.0 cm³/mol. The summed E-state index contributed by atoms with van der Waals surface area (Å²) in [5, 5.41) is 18.4. The van der Waals surface area contributed by atoms with Gasteiger partial charge in [0.2, 0.25) is 0 Å². The van der Waals surface area contributed by atoms with Crippen LogP contribution in [0.4, 0.5) is 0 Å². The van der Waals surface area contributed by atoms with Gasteiger partial charge in [-0.25, -0.2) is 4.79 Å². The van der Waals surface area contributed by atoms with Gasteiger partial charge in [0.1, 0.15) is 0 Å². The van der Waals surface area contributed by atoms with Crippen LogP contribution < -0.4 is 0 Å². The number of aldehydes is 1. The third-order valence-electron chi connectivity index (χ3n) is 2.85. The maximum absolute atomic E-state index is 11.1. The fourth-order valence-corrected chi connectivity index (χ4v) is 2.08. The van der Waals surface area contributed by atoms with E-state index >= 15 is 0 Å². The summed E-state index contributed by atoms with van der Waals surface area (Å²) in [5.41, 5.74) is 1.18. The van der Waals surface area contributed by atoms with Crippen LogP contribution in [-0.4, -0.2) is 33.6 Å². The van der Waals surface area contributed by atoms with Crippen LogP contribution in [0, 0.1) is 0 Å². The number of aliphatic hydroxyl groups is 1. The van der Waals surface area contributed by atoms with Crippen LogP contribution in [0.1, 0.15) is 27.1 Å². The molecule has 0 aliphatic carbocycles. The summed E-state index contributed by atoms with van der Waals surface area (Å²) in [6.45, 7) is 0.596. The van der Waals surface area contributed by atoms with Crippen molar-refractivity contribution in [2.24, 2.45) is 0 Å². The first kappa shape index (κ1) is 12.3. The Kier molecular flexibility index (Phi) is 3.43. The first-order valence-electron chi connectivity index (χ1n) is 5.60. The first-order chi connectivity index (χ1) is 8.69. The van der Waals surface area contributed by atoms with Crippen LogP contribution in [-0.2, 0) is 6.54 Å². The molecule has 1 heterocycles. The van der Waals surface area contributed by atoms with Gasteiger partial charge in [-0.15, -0.1) is 0 Å². The van der Waals surface area contributed by atoms with Gasteiger partial charge in [-0.1, -0.05) is 6.07 Å². The third kappa shape index (κ3) is 2.00. The summed E-state index contributed by atoms with van der Waals surface area (Å²) in [6.07, 6.45) is 2.84. The van der Waals surface area contributed by atoms with Gasteiger partial charge in [0.25, 0.3) is 0 Å². The number of benzene rings is 1. The fraction of sp³-hybridized carbons (Fsp3) is 0.231. The van der Waals surface area contributed by atoms with Crippen molar-refractivity contribution < 1.29 is 19.8 Å². The Morgan fingerprint density at radius 3 is 2.78 bits per heavy atom. The number of hydrogen-bond acceptors (Lipinski definition) is 3. The maximum Gasteiger partial charge on any atom is 0.336 e. The number of carbonyl (C=O) groups excluding carboxylic acids is 1. The maximum atomic E-state index is 11.1. The predicted octanol–water partition coefficient (Wildman–Crippen LogP) is 1.53. The molecule has 0 saturated carbocycles. The van der Waals surface area contributed by atoms with Crippen LogP contribution >= 0.6 is 0 Å². The smallest absolute Gasteiger partial charge is 0.336 e. The van der Waals surface area contributed by atoms with Crippen molar-refractivity contribution in [1.82, 2.24) is 4.57 Å². The molecule has 94 valence electrons. The highest BCUT2D eigenvalue weighted by Gasteiger charge is 2.15. The molecule has 0 spiro atoms. The number of carboxylic acid groups (broad SMARTS) is 1. The van der Waals surface area contributed by atoms with Gasteiger partial charge in [-0.3, -0.25) is 4.79 Å². The van der Waals surface area contributed by atoms with E-state index in [2.05, 4.69) is 0 Å². The zero-order valence-corrected chi connectivity index (χ0v) is 9.67. The lowest BCUT2D eigenvalue weighted by Gasteiger charge is -2.04. The molecular weight excluding hydrogens is 234 g/mol. The second-order valence-electron chi connectivity index (χ2n) is 3.98. The number of nitrogens with zero attached hydrogens (tertiary/aromatic N) is 1. The molecule has 2 aromatic rings. The van der Waals surface area contributed by atoms with E-state index in [9.17, 15) is 9.59 Å². The zero-order valence-electron chi connectivity index (χ0n) is 9.67. The fourth-order valence-electron chi connectivity index (χ4n) is 2.08. The number of aromatic carboxylic acids is 1. The van der Waals surface area contributed by atoms with Gasteiger partial charge < -0.3 is 14.8 Å². The molecule has 2 N–H and O–H groups in total. The average Bonchev–Trinajstić information content (AvgIpc) is 2.74. The Hall–Kier alpha value is -2.14. The van der Waals surface area contributed by atoms with Crippen LogP contribution in [0.25, 0.3) is 10.9 Å². The Bertz CT molecular complexity index is 600. The van der Waals surface area contributed by atoms with Gasteiger partial charge >= 0.3 is 5.97 Å². The van der Waals surface area contributed by atoms with Gasteiger partial charge in [0, 0.05) is 35.8 Å². The summed E-state index contributed by atoms with van der Waals surface area (Å²) in [5.74, 6) is -1.05. The van der Waals surface area contributed by atoms with Gasteiger partial charge in [-0.05, 0) is 18.6 Å². The highest BCUT2D eigenvalue weighted by atomic mass is 16.4. The highest BCUT2D eigenvalue weighted by molar-refractivity contribution is 6.09. The van der Waals surface area contributed by atoms with Gasteiger partial charge in [0.05, 0.1) is 5.56 Å². The van der Waals surface area contributed by atoms with Gasteiger partial charge in [0.15, 0.2) is 6.29 Å². The van der Waals surface area contributed by atoms with E-state index in [1.807, 2.05) is 0 Å². The molecule has 5 nitrogen and oxygen atoms in total. The van der Waals surface area contributed by atoms with Crippen molar-refractivity contribution in [2.45, 2.75) is 13.0 Å². The molecule has 1 aromatic heterocycles. The van der Waals surface area contributed by atoms with Crippen LogP contribution in [0.5, 0.6) is 0 Å². The van der Waals surface area contributed by atoms with Crippen molar-refractivity contribution >= 4 is 23.2 Å². The molecule has 0 atom stereocenters. The molecule has 1 aromatic carbocycles. The van der Waals surface area contributed by atoms with E-state index in [0.717, 1.165) is 0 Å². The topological polar surface area (TPSA) is 79.5 Å². The molecular formula is C13H13NO4. The van der Waals surface area contributed by atoms with E-state index < -0.39 is 5.97 Å². The monoisotopic (exact) mass is 247 g/mol. The second-order valence-corrected chi connectivity index (χ2v) is 3.98. The van der Waals surface area contributed by atoms with Crippen molar-refractivity contribution in [1.29, 1.82) is 0 Å². The summed E-state index contributed by atoms with van der Waals surface area (Å²) in [7, 11) is 0. The van der Waals surface area contributed by atoms with Gasteiger partial charge in [-0.2, -0.15) is 0 Å². The number of aromatic nitrogens is 1. The Labute approximate surface area is 103 Å². The van der Waals surface area contributed by atoms with Crippen LogP contribution in [0.15, 0.2) is 24.4 Å². The number of aryl methyl sites for hydroxylation is 1. The summed E-state index contributed by atoms with van der Waals surface area (Å²) in [4.78, 5) is 22.2. The molecule has 0 radical (unpaired) electrons. The molecule has 0 unspecified atom stereocenters. The van der Waals surface area contributed by atoms with E-state index in [1.54, 1.807) is 22.9 Å². The van der Waals surface area contributed by atoms with Crippen LogP contribution in [0.2, 0.25) is 0 Å². The lowest BCUT2D eigenvalue weighted by Crippen LogP contribution is -2.00. The average molecular weight is 247 g/mol. The second kappa shape index (κ2) is 5.01. The molecule has 0 amide bonds. The van der Waals surface area contributed by atoms with Crippen molar-refractivity contribution in [2.75, 3.05) is 6.61 Å². The minimum atomic E-state index is -1.05. The molecule has 18 heavy (non-hydrogen) atoms. The lowest BCUT2D eigenvalue weighted by atomic mass is 10.1. The van der Waals surface area contributed by atoms with E-state index in [1.165, 1.54) is 6.07 Å². The van der Waals surface area contributed by atoms with E-state index in [0.29, 0.717) is 35.7 Å². The standard InChI is InChI=1S/C13H13NO4/c15-6-2-5-14-7-9(8-16)12-10(13(17)18)3-1-4-11(12)14/h1,3-4,7-8,15H,2,5-6H2,(H,17,18). The zero-order chi connectivity index (χ0) is 13.1. The number of carbonyl (C=O) groups is 2. The number of hydrogen-bond donors (Lipinski definition) is 2. The Morgan fingerprint density at radius 2 is 2.17 bits per heavy atom. The lowest BCUT2D eigenvalue weighted by molar-refractivity contribution is 0.0699. The third-order valence-corrected chi connectivity index (χ3v) is 2.85. The van der Waals surface area contributed by atoms with E-state index in [-0.39, 0.29) is 12.2 Å². The molecule has 5 heteroatoms. The van der Waals surface area contributed by atoms with E-state index in [4.69, 9.17) is 10.2 Å². The SMILES string of the molecule is O=Cc1cn(CCCO)c2cccc(C(=O)O)c12. The summed E-state index contributed by atoms with van der Waals surface area (Å²) < 4.78 is 1.79.